The maximum atomic E-state index is 12.7. The van der Waals surface area contributed by atoms with Gasteiger partial charge in [-0.15, -0.1) is 0 Å². The van der Waals surface area contributed by atoms with Gasteiger partial charge in [-0.1, -0.05) is 56.3 Å². The number of carbonyl (C=O) groups is 1. The molecule has 0 saturated heterocycles. The summed E-state index contributed by atoms with van der Waals surface area (Å²) in [7, 11) is 1.67. The Kier molecular flexibility index (Phi) is 8.06. The summed E-state index contributed by atoms with van der Waals surface area (Å²) in [6.07, 6.45) is 1.44. The van der Waals surface area contributed by atoms with Crippen molar-refractivity contribution in [2.24, 2.45) is 5.92 Å². The number of nitrogens with one attached hydrogen (secondary N) is 1. The van der Waals surface area contributed by atoms with Gasteiger partial charge in [0.1, 0.15) is 12.0 Å². The van der Waals surface area contributed by atoms with Gasteiger partial charge >= 0.3 is 0 Å². The molecule has 0 fully saturated rings. The van der Waals surface area contributed by atoms with Crippen molar-refractivity contribution in [3.05, 3.63) is 83.6 Å². The average molecular weight is 436 g/mol. The van der Waals surface area contributed by atoms with Gasteiger partial charge in [-0.05, 0) is 43.0 Å². The van der Waals surface area contributed by atoms with E-state index < -0.39 is 0 Å². The normalized spacial score (nSPS) is 13.2. The van der Waals surface area contributed by atoms with Crippen LogP contribution in [0.4, 0.5) is 0 Å². The Morgan fingerprint density at radius 3 is 2.50 bits per heavy atom. The SMILES string of the molecule is COc1cccc(CN(Cc2nc(C(=O)N[C@@H](C)c3ccccc3)co2)[C@@H](C)C(C)C)c1. The van der Waals surface area contributed by atoms with Crippen molar-refractivity contribution in [1.82, 2.24) is 15.2 Å². The van der Waals surface area contributed by atoms with Crippen LogP contribution in [0.3, 0.4) is 0 Å². The number of carbonyl (C=O) groups excluding carboxylic acids is 1. The maximum Gasteiger partial charge on any atom is 0.273 e. The van der Waals surface area contributed by atoms with Gasteiger partial charge in [-0.25, -0.2) is 4.98 Å². The third kappa shape index (κ3) is 6.20. The summed E-state index contributed by atoms with van der Waals surface area (Å²) < 4.78 is 11.0. The van der Waals surface area contributed by atoms with Crippen molar-refractivity contribution >= 4 is 5.91 Å². The Labute approximate surface area is 190 Å². The first-order valence-corrected chi connectivity index (χ1v) is 11.0. The Bertz CT molecular complexity index is 1000. The highest BCUT2D eigenvalue weighted by atomic mass is 16.5. The van der Waals surface area contributed by atoms with Gasteiger partial charge in [0.2, 0.25) is 5.89 Å². The van der Waals surface area contributed by atoms with Gasteiger partial charge in [-0.3, -0.25) is 9.69 Å². The Morgan fingerprint density at radius 2 is 1.81 bits per heavy atom. The highest BCUT2D eigenvalue weighted by Gasteiger charge is 2.22. The number of amides is 1. The van der Waals surface area contributed by atoms with E-state index in [1.165, 1.54) is 6.26 Å². The van der Waals surface area contributed by atoms with Crippen molar-refractivity contribution in [2.45, 2.75) is 52.9 Å². The average Bonchev–Trinajstić information content (AvgIpc) is 3.27. The summed E-state index contributed by atoms with van der Waals surface area (Å²) >= 11 is 0. The summed E-state index contributed by atoms with van der Waals surface area (Å²) in [5, 5.41) is 2.98. The Hall–Kier alpha value is -3.12. The van der Waals surface area contributed by atoms with Gasteiger partial charge in [0.15, 0.2) is 5.69 Å². The van der Waals surface area contributed by atoms with E-state index in [1.807, 2.05) is 55.5 Å². The van der Waals surface area contributed by atoms with E-state index in [0.717, 1.165) is 23.4 Å². The lowest BCUT2D eigenvalue weighted by atomic mass is 10.0. The van der Waals surface area contributed by atoms with E-state index in [0.29, 0.717) is 30.1 Å². The van der Waals surface area contributed by atoms with E-state index in [2.05, 4.69) is 42.0 Å². The first-order valence-electron chi connectivity index (χ1n) is 11.0. The summed E-state index contributed by atoms with van der Waals surface area (Å²) in [5.74, 6) is 1.57. The molecule has 0 bridgehead atoms. The van der Waals surface area contributed by atoms with Crippen LogP contribution in [0.5, 0.6) is 5.75 Å². The van der Waals surface area contributed by atoms with Crippen molar-refractivity contribution in [3.8, 4) is 5.75 Å². The number of nitrogens with zero attached hydrogens (tertiary/aromatic N) is 2. The molecule has 0 spiro atoms. The van der Waals surface area contributed by atoms with Crippen molar-refractivity contribution < 1.29 is 13.9 Å². The largest absolute Gasteiger partial charge is 0.497 e. The number of oxazole rings is 1. The fraction of sp³-hybridized carbons (Fsp3) is 0.385. The number of aromatic nitrogens is 1. The highest BCUT2D eigenvalue weighted by Crippen LogP contribution is 2.21. The van der Waals surface area contributed by atoms with Gasteiger partial charge in [-0.2, -0.15) is 0 Å². The minimum absolute atomic E-state index is 0.116. The summed E-state index contributed by atoms with van der Waals surface area (Å²) in [6.45, 7) is 9.78. The first-order chi connectivity index (χ1) is 15.4. The fourth-order valence-electron chi connectivity index (χ4n) is 3.53. The van der Waals surface area contributed by atoms with E-state index in [4.69, 9.17) is 9.15 Å². The molecule has 0 aliphatic carbocycles. The molecule has 0 aliphatic rings. The van der Waals surface area contributed by atoms with Crippen LogP contribution in [0.1, 0.15) is 61.2 Å². The van der Waals surface area contributed by atoms with Gasteiger partial charge in [0.25, 0.3) is 5.91 Å². The van der Waals surface area contributed by atoms with Crippen molar-refractivity contribution in [1.29, 1.82) is 0 Å². The fourth-order valence-corrected chi connectivity index (χ4v) is 3.53. The number of rotatable bonds is 10. The highest BCUT2D eigenvalue weighted by molar-refractivity contribution is 5.92. The molecule has 2 atom stereocenters. The third-order valence-corrected chi connectivity index (χ3v) is 5.83. The lowest BCUT2D eigenvalue weighted by Gasteiger charge is -2.30. The second-order valence-electron chi connectivity index (χ2n) is 8.47. The molecule has 32 heavy (non-hydrogen) atoms. The molecule has 3 aromatic rings. The van der Waals surface area contributed by atoms with E-state index in [9.17, 15) is 4.79 Å². The minimum Gasteiger partial charge on any atom is -0.497 e. The first kappa shape index (κ1) is 23.5. The predicted octanol–water partition coefficient (Wildman–Crippen LogP) is 5.22. The molecule has 1 N–H and O–H groups in total. The van der Waals surface area contributed by atoms with Crippen LogP contribution in [0.15, 0.2) is 65.3 Å². The topological polar surface area (TPSA) is 67.6 Å². The second kappa shape index (κ2) is 11.0. The van der Waals surface area contributed by atoms with Crippen LogP contribution in [0.2, 0.25) is 0 Å². The molecule has 3 rings (SSSR count). The lowest BCUT2D eigenvalue weighted by Crippen LogP contribution is -2.36. The van der Waals surface area contributed by atoms with Crippen molar-refractivity contribution in [3.63, 3.8) is 0 Å². The number of benzene rings is 2. The molecule has 0 aliphatic heterocycles. The Morgan fingerprint density at radius 1 is 1.06 bits per heavy atom. The van der Waals surface area contributed by atoms with E-state index in [1.54, 1.807) is 7.11 Å². The summed E-state index contributed by atoms with van der Waals surface area (Å²) in [5.41, 5.74) is 2.49. The molecule has 0 radical (unpaired) electrons. The molecule has 2 aromatic carbocycles. The number of hydrogen-bond donors (Lipinski definition) is 1. The molecule has 6 heteroatoms. The van der Waals surface area contributed by atoms with Crippen LogP contribution >= 0.6 is 0 Å². The number of methoxy groups -OCH3 is 1. The monoisotopic (exact) mass is 435 g/mol. The van der Waals surface area contributed by atoms with Crippen LogP contribution < -0.4 is 10.1 Å². The molecule has 1 aromatic heterocycles. The molecule has 1 heterocycles. The zero-order chi connectivity index (χ0) is 23.1. The molecule has 170 valence electrons. The van der Waals surface area contributed by atoms with Gasteiger partial charge < -0.3 is 14.5 Å². The van der Waals surface area contributed by atoms with Crippen molar-refractivity contribution in [2.75, 3.05) is 7.11 Å². The molecule has 6 nitrogen and oxygen atoms in total. The van der Waals surface area contributed by atoms with Crippen LogP contribution in [0, 0.1) is 5.92 Å². The zero-order valence-corrected chi connectivity index (χ0v) is 19.5. The quantitative estimate of drug-likeness (QED) is 0.473. The molecule has 0 saturated carbocycles. The molecule has 0 unspecified atom stereocenters. The lowest BCUT2D eigenvalue weighted by molar-refractivity contribution is 0.0934. The number of hydrogen-bond acceptors (Lipinski definition) is 5. The van der Waals surface area contributed by atoms with Crippen LogP contribution in [-0.2, 0) is 13.1 Å². The maximum absolute atomic E-state index is 12.7. The molecular formula is C26H33N3O3. The molecular weight excluding hydrogens is 402 g/mol. The van der Waals surface area contributed by atoms with E-state index >= 15 is 0 Å². The standard InChI is InChI=1S/C26H33N3O3/c1-18(2)20(4)29(15-21-10-9-13-23(14-21)31-5)16-25-28-24(17-32-25)26(30)27-19(3)22-11-7-6-8-12-22/h6-14,17-20H,15-16H2,1-5H3,(H,27,30)/t19-,20-/m0/s1. The summed E-state index contributed by atoms with van der Waals surface area (Å²) in [6, 6.07) is 18.1. The third-order valence-electron chi connectivity index (χ3n) is 5.83. The number of ether oxygens (including phenoxy) is 1. The predicted molar refractivity (Wildman–Crippen MR) is 125 cm³/mol. The Balaban J connectivity index is 1.69. The smallest absolute Gasteiger partial charge is 0.273 e. The van der Waals surface area contributed by atoms with Gasteiger partial charge in [0.05, 0.1) is 19.7 Å². The van der Waals surface area contributed by atoms with E-state index in [-0.39, 0.29) is 11.9 Å². The van der Waals surface area contributed by atoms with Crippen LogP contribution in [-0.4, -0.2) is 28.9 Å². The zero-order valence-electron chi connectivity index (χ0n) is 19.5. The summed E-state index contributed by atoms with van der Waals surface area (Å²) in [4.78, 5) is 19.4. The minimum atomic E-state index is -0.243. The second-order valence-corrected chi connectivity index (χ2v) is 8.47. The molecule has 1 amide bonds. The van der Waals surface area contributed by atoms with Gasteiger partial charge in [0, 0.05) is 12.6 Å². The van der Waals surface area contributed by atoms with Crippen LogP contribution in [0.25, 0.3) is 0 Å².